The highest BCUT2D eigenvalue weighted by Gasteiger charge is 2.51. The summed E-state index contributed by atoms with van der Waals surface area (Å²) >= 11 is 6.32. The van der Waals surface area contributed by atoms with Crippen LogP contribution in [0.2, 0.25) is 5.02 Å². The molecule has 1 aromatic carbocycles. The van der Waals surface area contributed by atoms with Crippen LogP contribution < -0.4 is 16.0 Å². The van der Waals surface area contributed by atoms with E-state index in [0.29, 0.717) is 12.0 Å². The van der Waals surface area contributed by atoms with Gasteiger partial charge in [0.1, 0.15) is 12.3 Å². The van der Waals surface area contributed by atoms with Gasteiger partial charge in [0.15, 0.2) is 0 Å². The zero-order valence-corrected chi connectivity index (χ0v) is 23.2. The summed E-state index contributed by atoms with van der Waals surface area (Å²) in [5.74, 6) is -2.78. The first kappa shape index (κ1) is 30.1. The van der Waals surface area contributed by atoms with Crippen LogP contribution in [0, 0.1) is 11.3 Å². The van der Waals surface area contributed by atoms with E-state index in [1.165, 1.54) is 19.1 Å². The second-order valence-corrected chi connectivity index (χ2v) is 11.7. The second kappa shape index (κ2) is 12.1. The highest BCUT2D eigenvalue weighted by Crippen LogP contribution is 2.44. The Kier molecular flexibility index (Phi) is 9.37. The molecule has 0 spiro atoms. The van der Waals surface area contributed by atoms with E-state index in [1.807, 2.05) is 20.8 Å². The van der Waals surface area contributed by atoms with Crippen LogP contribution in [0.15, 0.2) is 18.2 Å². The Hall–Kier alpha value is -3.47. The Morgan fingerprint density at radius 2 is 1.85 bits per heavy atom. The first-order valence-electron chi connectivity index (χ1n) is 12.9. The molecule has 1 heterocycles. The maximum atomic E-state index is 14.0. The molecule has 1 aromatic rings. The number of benzene rings is 1. The lowest BCUT2D eigenvalue weighted by atomic mass is 9.84. The van der Waals surface area contributed by atoms with Crippen molar-refractivity contribution >= 4 is 53.2 Å². The molecule has 212 valence electrons. The number of amides is 4. The van der Waals surface area contributed by atoms with Crippen molar-refractivity contribution in [1.29, 1.82) is 0 Å². The zero-order chi connectivity index (χ0) is 29.1. The lowest BCUT2D eigenvalue weighted by Crippen LogP contribution is -2.59. The van der Waals surface area contributed by atoms with Gasteiger partial charge < -0.3 is 30.8 Å². The van der Waals surface area contributed by atoms with Crippen LogP contribution in [0.25, 0.3) is 0 Å². The van der Waals surface area contributed by atoms with Crippen LogP contribution in [0.4, 0.5) is 5.69 Å². The first-order chi connectivity index (χ1) is 18.2. The number of carboxylic acid groups (broad SMARTS) is 1. The number of hydrogen-bond acceptors (Lipinski definition) is 6. The zero-order valence-electron chi connectivity index (χ0n) is 22.5. The van der Waals surface area contributed by atoms with Crippen molar-refractivity contribution in [3.63, 3.8) is 0 Å². The van der Waals surface area contributed by atoms with Crippen LogP contribution in [0.1, 0.15) is 70.2 Å². The van der Waals surface area contributed by atoms with Crippen LogP contribution in [0.3, 0.4) is 0 Å². The third-order valence-corrected chi connectivity index (χ3v) is 7.53. The van der Waals surface area contributed by atoms with Crippen molar-refractivity contribution in [2.24, 2.45) is 11.3 Å². The topological polar surface area (TPSA) is 162 Å². The lowest BCUT2D eigenvalue weighted by Gasteiger charge is -2.41. The van der Waals surface area contributed by atoms with E-state index in [9.17, 15) is 28.8 Å². The number of nitrogens with one attached hydrogen (secondary N) is 3. The summed E-state index contributed by atoms with van der Waals surface area (Å²) in [6.45, 7) is 6.84. The molecule has 0 radical (unpaired) electrons. The SMILES string of the molecule is CC(=O)Nc1ccc(C(=O)NC(C(=O)N2C3CCC(C3)C2CC(=O)NC(C=O)CC(=O)O)C(C)(C)C)c(Cl)c1. The van der Waals surface area contributed by atoms with E-state index < -0.39 is 47.7 Å². The van der Waals surface area contributed by atoms with E-state index in [4.69, 9.17) is 16.7 Å². The number of carbonyl (C=O) groups excluding carboxylic acids is 5. The van der Waals surface area contributed by atoms with Gasteiger partial charge in [-0.3, -0.25) is 24.0 Å². The predicted octanol–water partition coefficient (Wildman–Crippen LogP) is 2.37. The van der Waals surface area contributed by atoms with E-state index in [-0.39, 0.29) is 40.8 Å². The summed E-state index contributed by atoms with van der Waals surface area (Å²) in [6.07, 6.45) is 2.15. The van der Waals surface area contributed by atoms with Crippen molar-refractivity contribution in [2.75, 3.05) is 5.32 Å². The molecule has 0 aromatic heterocycles. The molecular formula is C27H35ClN4O7. The van der Waals surface area contributed by atoms with Gasteiger partial charge >= 0.3 is 5.97 Å². The van der Waals surface area contributed by atoms with Crippen molar-refractivity contribution < 1.29 is 33.9 Å². The number of anilines is 1. The third-order valence-electron chi connectivity index (χ3n) is 7.22. The fraction of sp³-hybridized carbons (Fsp3) is 0.556. The minimum atomic E-state index is -1.21. The summed E-state index contributed by atoms with van der Waals surface area (Å²) < 4.78 is 0. The van der Waals surface area contributed by atoms with Gasteiger partial charge in [0.2, 0.25) is 17.7 Å². The average Bonchev–Trinajstić information content (AvgIpc) is 3.42. The molecule has 3 rings (SSSR count). The fourth-order valence-corrected chi connectivity index (χ4v) is 5.73. The van der Waals surface area contributed by atoms with E-state index >= 15 is 0 Å². The Balaban J connectivity index is 1.79. The number of hydrogen-bond donors (Lipinski definition) is 4. The first-order valence-corrected chi connectivity index (χ1v) is 13.3. The number of rotatable bonds is 10. The number of aldehydes is 1. The number of fused-ring (bicyclic) bond motifs is 2. The van der Waals surface area contributed by atoms with Gasteiger partial charge in [0.05, 0.1) is 23.0 Å². The number of nitrogens with zero attached hydrogens (tertiary/aromatic N) is 1. The van der Waals surface area contributed by atoms with Gasteiger partial charge in [-0.2, -0.15) is 0 Å². The van der Waals surface area contributed by atoms with Gasteiger partial charge in [-0.25, -0.2) is 0 Å². The van der Waals surface area contributed by atoms with Gasteiger partial charge in [-0.15, -0.1) is 0 Å². The van der Waals surface area contributed by atoms with Crippen molar-refractivity contribution in [2.45, 2.75) is 84.0 Å². The van der Waals surface area contributed by atoms with Crippen molar-refractivity contribution in [3.8, 4) is 0 Å². The maximum absolute atomic E-state index is 14.0. The average molecular weight is 563 g/mol. The monoisotopic (exact) mass is 562 g/mol. The normalized spacial score (nSPS) is 21.6. The minimum Gasteiger partial charge on any atom is -0.481 e. The molecule has 5 atom stereocenters. The van der Waals surface area contributed by atoms with E-state index in [0.717, 1.165) is 19.3 Å². The molecule has 12 heteroatoms. The molecule has 5 unspecified atom stereocenters. The molecular weight excluding hydrogens is 528 g/mol. The van der Waals surface area contributed by atoms with Gasteiger partial charge in [-0.1, -0.05) is 32.4 Å². The number of piperidine rings is 1. The third kappa shape index (κ3) is 7.35. The molecule has 4 N–H and O–H groups in total. The molecule has 2 bridgehead atoms. The number of carboxylic acids is 1. The lowest BCUT2D eigenvalue weighted by molar-refractivity contribution is -0.141. The Morgan fingerprint density at radius 1 is 1.15 bits per heavy atom. The molecule has 2 fully saturated rings. The van der Waals surface area contributed by atoms with E-state index in [2.05, 4.69) is 16.0 Å². The molecule has 39 heavy (non-hydrogen) atoms. The quantitative estimate of drug-likeness (QED) is 0.318. The molecule has 1 saturated heterocycles. The number of carbonyl (C=O) groups is 6. The number of likely N-dealkylation sites (tertiary alicyclic amines) is 1. The molecule has 1 aliphatic carbocycles. The molecule has 1 saturated carbocycles. The summed E-state index contributed by atoms with van der Waals surface area (Å²) in [6, 6.07) is 1.87. The Bertz CT molecular complexity index is 1170. The van der Waals surface area contributed by atoms with Crippen molar-refractivity contribution in [3.05, 3.63) is 28.8 Å². The second-order valence-electron chi connectivity index (χ2n) is 11.3. The van der Waals surface area contributed by atoms with Crippen molar-refractivity contribution in [1.82, 2.24) is 15.5 Å². The van der Waals surface area contributed by atoms with Crippen LogP contribution >= 0.6 is 11.6 Å². The van der Waals surface area contributed by atoms with Crippen LogP contribution in [-0.4, -0.2) is 70.1 Å². The number of halogens is 1. The van der Waals surface area contributed by atoms with Gasteiger partial charge in [0, 0.05) is 31.1 Å². The maximum Gasteiger partial charge on any atom is 0.305 e. The fourth-order valence-electron chi connectivity index (χ4n) is 5.46. The van der Waals surface area contributed by atoms with Crippen LogP contribution in [-0.2, 0) is 24.0 Å². The molecule has 2 aliphatic rings. The minimum absolute atomic E-state index is 0.0713. The van der Waals surface area contributed by atoms with Crippen LogP contribution in [0.5, 0.6) is 0 Å². The molecule has 1 aliphatic heterocycles. The van der Waals surface area contributed by atoms with E-state index in [1.54, 1.807) is 11.0 Å². The highest BCUT2D eigenvalue weighted by atomic mass is 35.5. The highest BCUT2D eigenvalue weighted by molar-refractivity contribution is 6.34. The summed E-state index contributed by atoms with van der Waals surface area (Å²) in [4.78, 5) is 75.2. The molecule has 11 nitrogen and oxygen atoms in total. The summed E-state index contributed by atoms with van der Waals surface area (Å²) in [5.41, 5.74) is -0.111. The van der Waals surface area contributed by atoms with Gasteiger partial charge in [0.25, 0.3) is 5.91 Å². The Labute approximate surface area is 232 Å². The molecule has 4 amide bonds. The number of aliphatic carboxylic acids is 1. The summed E-state index contributed by atoms with van der Waals surface area (Å²) in [7, 11) is 0. The van der Waals surface area contributed by atoms with Gasteiger partial charge in [-0.05, 0) is 48.8 Å². The Morgan fingerprint density at radius 3 is 2.41 bits per heavy atom. The standard InChI is InChI=1S/C27H35ClN4O7/c1-14(34)29-16-6-8-19(20(28)10-16)25(38)31-24(27(2,3)4)26(39)32-18-7-5-15(9-18)21(32)12-22(35)30-17(13-33)11-23(36)37/h6,8,10,13,15,17-18,21,24H,5,7,9,11-12H2,1-4H3,(H,29,34)(H,30,35)(H,31,38)(H,36,37). The smallest absolute Gasteiger partial charge is 0.305 e. The largest absolute Gasteiger partial charge is 0.481 e. The predicted molar refractivity (Wildman–Crippen MR) is 143 cm³/mol. The summed E-state index contributed by atoms with van der Waals surface area (Å²) in [5, 5.41) is 16.9.